The van der Waals surface area contributed by atoms with Crippen LogP contribution in [0.3, 0.4) is 0 Å². The number of nitrogens with one attached hydrogen (secondary N) is 1. The Morgan fingerprint density at radius 1 is 1.15 bits per heavy atom. The first-order valence-corrected chi connectivity index (χ1v) is 9.71. The van der Waals surface area contributed by atoms with Gasteiger partial charge in [-0.3, -0.25) is 9.59 Å². The molecule has 0 radical (unpaired) electrons. The second-order valence-electron chi connectivity index (χ2n) is 7.52. The third-order valence-corrected chi connectivity index (χ3v) is 5.32. The van der Waals surface area contributed by atoms with E-state index >= 15 is 0 Å². The number of amides is 2. The van der Waals surface area contributed by atoms with E-state index in [9.17, 15) is 9.59 Å². The van der Waals surface area contributed by atoms with Crippen LogP contribution in [0, 0.1) is 5.92 Å². The zero-order chi connectivity index (χ0) is 18.6. The number of hydrogen-bond donors (Lipinski definition) is 1. The maximum atomic E-state index is 12.4. The fourth-order valence-corrected chi connectivity index (χ4v) is 3.62. The van der Waals surface area contributed by atoms with Gasteiger partial charge in [0, 0.05) is 19.5 Å². The number of aromatic nitrogens is 3. The zero-order valence-corrected chi connectivity index (χ0v) is 15.4. The average Bonchev–Trinajstić information content (AvgIpc) is 3.18. The lowest BCUT2D eigenvalue weighted by atomic mass is 10.2. The molecule has 27 heavy (non-hydrogen) atoms. The highest BCUT2D eigenvalue weighted by molar-refractivity contribution is 5.91. The van der Waals surface area contributed by atoms with E-state index in [1.54, 1.807) is 10.9 Å². The van der Waals surface area contributed by atoms with Crippen molar-refractivity contribution in [2.75, 3.05) is 6.54 Å². The highest BCUT2D eigenvalue weighted by atomic mass is 16.2. The van der Waals surface area contributed by atoms with Crippen molar-refractivity contribution >= 4 is 11.8 Å². The normalized spacial score (nSPS) is 19.3. The smallest absolute Gasteiger partial charge is 0.273 e. The number of benzene rings is 1. The Morgan fingerprint density at radius 2 is 1.96 bits per heavy atom. The van der Waals surface area contributed by atoms with Gasteiger partial charge in [-0.1, -0.05) is 35.5 Å². The van der Waals surface area contributed by atoms with Crippen molar-refractivity contribution < 1.29 is 9.59 Å². The van der Waals surface area contributed by atoms with E-state index in [0.717, 1.165) is 24.9 Å². The van der Waals surface area contributed by atoms with E-state index in [0.29, 0.717) is 31.1 Å². The van der Waals surface area contributed by atoms with Crippen LogP contribution in [0.25, 0.3) is 0 Å². The average molecular weight is 367 g/mol. The van der Waals surface area contributed by atoms with Gasteiger partial charge in [-0.25, -0.2) is 4.68 Å². The molecule has 1 unspecified atom stereocenters. The van der Waals surface area contributed by atoms with Crippen LogP contribution in [0.4, 0.5) is 0 Å². The second-order valence-corrected chi connectivity index (χ2v) is 7.52. The maximum Gasteiger partial charge on any atom is 0.273 e. The van der Waals surface area contributed by atoms with E-state index in [4.69, 9.17) is 0 Å². The molecule has 1 aliphatic carbocycles. The Labute approximate surface area is 158 Å². The van der Waals surface area contributed by atoms with E-state index in [-0.39, 0.29) is 17.9 Å². The SMILES string of the molecule is O=C(NCc1ccccc1)c1cn(CC2CCCN2C(=O)CC2CC2)nn1. The minimum atomic E-state index is -0.238. The zero-order valence-electron chi connectivity index (χ0n) is 15.4. The molecule has 0 bridgehead atoms. The Balaban J connectivity index is 1.31. The van der Waals surface area contributed by atoms with Crippen molar-refractivity contribution in [3.8, 4) is 0 Å². The monoisotopic (exact) mass is 367 g/mol. The first kappa shape index (κ1) is 17.7. The largest absolute Gasteiger partial charge is 0.347 e. The van der Waals surface area contributed by atoms with E-state index in [1.165, 1.54) is 12.8 Å². The summed E-state index contributed by atoms with van der Waals surface area (Å²) in [6, 6.07) is 9.90. The van der Waals surface area contributed by atoms with Gasteiger partial charge in [0.1, 0.15) is 0 Å². The molecule has 0 spiro atoms. The van der Waals surface area contributed by atoms with Gasteiger partial charge in [-0.2, -0.15) is 0 Å². The van der Waals surface area contributed by atoms with Gasteiger partial charge < -0.3 is 10.2 Å². The van der Waals surface area contributed by atoms with E-state index < -0.39 is 0 Å². The summed E-state index contributed by atoms with van der Waals surface area (Å²) in [5.74, 6) is 0.629. The van der Waals surface area contributed by atoms with Crippen LogP contribution in [0.5, 0.6) is 0 Å². The van der Waals surface area contributed by atoms with Gasteiger partial charge in [-0.15, -0.1) is 5.10 Å². The van der Waals surface area contributed by atoms with Crippen LogP contribution in [0.1, 0.15) is 48.2 Å². The lowest BCUT2D eigenvalue weighted by molar-refractivity contribution is -0.132. The summed E-state index contributed by atoms with van der Waals surface area (Å²) >= 11 is 0. The number of nitrogens with zero attached hydrogens (tertiary/aromatic N) is 4. The Kier molecular flexibility index (Phi) is 5.18. The van der Waals surface area contributed by atoms with Crippen LogP contribution in [-0.4, -0.2) is 44.3 Å². The molecule has 7 heteroatoms. The highest BCUT2D eigenvalue weighted by Crippen LogP contribution is 2.34. The van der Waals surface area contributed by atoms with Crippen LogP contribution < -0.4 is 5.32 Å². The molecule has 1 saturated heterocycles. The Bertz CT molecular complexity index is 800. The summed E-state index contributed by atoms with van der Waals surface area (Å²) < 4.78 is 1.69. The molecule has 2 aliphatic rings. The molecule has 1 aliphatic heterocycles. The molecule has 1 aromatic carbocycles. The summed E-state index contributed by atoms with van der Waals surface area (Å²) in [7, 11) is 0. The first-order chi connectivity index (χ1) is 13.2. The van der Waals surface area contributed by atoms with E-state index in [2.05, 4.69) is 15.6 Å². The lowest BCUT2D eigenvalue weighted by Crippen LogP contribution is -2.38. The van der Waals surface area contributed by atoms with Crippen molar-refractivity contribution in [3.05, 3.63) is 47.8 Å². The van der Waals surface area contributed by atoms with Crippen LogP contribution in [0.2, 0.25) is 0 Å². The Morgan fingerprint density at radius 3 is 2.74 bits per heavy atom. The van der Waals surface area contributed by atoms with Gasteiger partial charge in [0.05, 0.1) is 18.8 Å². The third-order valence-electron chi connectivity index (χ3n) is 5.32. The first-order valence-electron chi connectivity index (χ1n) is 9.71. The number of carbonyl (C=O) groups is 2. The molecule has 142 valence electrons. The molecular weight excluding hydrogens is 342 g/mol. The minimum absolute atomic E-state index is 0.151. The summed E-state index contributed by atoms with van der Waals surface area (Å²) in [5.41, 5.74) is 1.34. The summed E-state index contributed by atoms with van der Waals surface area (Å²) in [4.78, 5) is 26.7. The molecule has 4 rings (SSSR count). The van der Waals surface area contributed by atoms with Crippen molar-refractivity contribution in [1.82, 2.24) is 25.2 Å². The standard InChI is InChI=1S/C20H25N5O2/c26-19(11-15-8-9-15)25-10-4-7-17(25)13-24-14-18(22-23-24)20(27)21-12-16-5-2-1-3-6-16/h1-3,5-6,14-15,17H,4,7-13H2,(H,21,27). The summed E-state index contributed by atoms with van der Waals surface area (Å²) in [6.07, 6.45) is 6.73. The van der Waals surface area contributed by atoms with Crippen molar-refractivity contribution in [1.29, 1.82) is 0 Å². The Hall–Kier alpha value is -2.70. The van der Waals surface area contributed by atoms with Gasteiger partial charge in [0.15, 0.2) is 5.69 Å². The van der Waals surface area contributed by atoms with Crippen molar-refractivity contribution in [2.45, 2.75) is 51.2 Å². The lowest BCUT2D eigenvalue weighted by Gasteiger charge is -2.24. The van der Waals surface area contributed by atoms with Gasteiger partial charge in [0.25, 0.3) is 5.91 Å². The van der Waals surface area contributed by atoms with Crippen molar-refractivity contribution in [3.63, 3.8) is 0 Å². The minimum Gasteiger partial charge on any atom is -0.347 e. The molecule has 7 nitrogen and oxygen atoms in total. The molecule has 2 aromatic rings. The molecule has 1 N–H and O–H groups in total. The fourth-order valence-electron chi connectivity index (χ4n) is 3.62. The third kappa shape index (κ3) is 4.53. The molecule has 2 fully saturated rings. The predicted molar refractivity (Wildman–Crippen MR) is 99.7 cm³/mol. The predicted octanol–water partition coefficient (Wildman–Crippen LogP) is 2.00. The van der Waals surface area contributed by atoms with Gasteiger partial charge in [-0.05, 0) is 37.2 Å². The molecule has 2 heterocycles. The highest BCUT2D eigenvalue weighted by Gasteiger charge is 2.33. The molecule has 2 amide bonds. The second kappa shape index (κ2) is 7.90. The van der Waals surface area contributed by atoms with Crippen molar-refractivity contribution in [2.24, 2.45) is 5.92 Å². The molecule has 1 saturated carbocycles. The number of rotatable bonds is 7. The fraction of sp³-hybridized carbons (Fsp3) is 0.500. The summed E-state index contributed by atoms with van der Waals surface area (Å²) in [6.45, 7) is 1.88. The molecular formula is C20H25N5O2. The number of likely N-dealkylation sites (tertiary alicyclic amines) is 1. The topological polar surface area (TPSA) is 80.1 Å². The van der Waals surface area contributed by atoms with Crippen LogP contribution in [0.15, 0.2) is 36.5 Å². The molecule has 1 atom stereocenters. The van der Waals surface area contributed by atoms with Gasteiger partial charge >= 0.3 is 0 Å². The van der Waals surface area contributed by atoms with Crippen LogP contribution >= 0.6 is 0 Å². The van der Waals surface area contributed by atoms with E-state index in [1.807, 2.05) is 35.2 Å². The van der Waals surface area contributed by atoms with Gasteiger partial charge in [0.2, 0.25) is 5.91 Å². The number of carbonyl (C=O) groups excluding carboxylic acids is 2. The quantitative estimate of drug-likeness (QED) is 0.812. The summed E-state index contributed by atoms with van der Waals surface area (Å²) in [5, 5.41) is 10.9. The molecule has 1 aromatic heterocycles. The maximum absolute atomic E-state index is 12.4. The van der Waals surface area contributed by atoms with Crippen LogP contribution in [-0.2, 0) is 17.9 Å². The number of hydrogen-bond acceptors (Lipinski definition) is 4.